The first-order valence-corrected chi connectivity index (χ1v) is 7.02. The number of benzene rings is 1. The van der Waals surface area contributed by atoms with E-state index in [0.717, 1.165) is 0 Å². The first-order valence-electron chi connectivity index (χ1n) is 6.64. The average Bonchev–Trinajstić information content (AvgIpc) is 2.50. The Kier molecular flexibility index (Phi) is 6.30. The maximum absolute atomic E-state index is 12.0. The van der Waals surface area contributed by atoms with E-state index >= 15 is 0 Å². The standard InChI is InChI=1S/C14H20ClN3O3/c1-3-14(4-2,13(16)18-20)17-12(19)9-21-11-7-5-6-10(15)8-11/h5-8,20H,3-4,9H2,1-2H3,(H2,16,18)(H,17,19). The predicted molar refractivity (Wildman–Crippen MR) is 81.8 cm³/mol. The molecule has 116 valence electrons. The molecular weight excluding hydrogens is 294 g/mol. The van der Waals surface area contributed by atoms with Crippen LogP contribution in [-0.2, 0) is 4.79 Å². The van der Waals surface area contributed by atoms with Gasteiger partial charge in [0.25, 0.3) is 5.91 Å². The van der Waals surface area contributed by atoms with Gasteiger partial charge in [-0.1, -0.05) is 36.7 Å². The van der Waals surface area contributed by atoms with E-state index in [1.807, 2.05) is 13.8 Å². The van der Waals surface area contributed by atoms with Crippen LogP contribution in [0.3, 0.4) is 0 Å². The SMILES string of the molecule is CCC(CC)(NC(=O)COc1cccc(Cl)c1)C(N)=NO. The molecule has 0 radical (unpaired) electrons. The molecule has 0 heterocycles. The number of oxime groups is 1. The van der Waals surface area contributed by atoms with Crippen molar-refractivity contribution in [1.29, 1.82) is 0 Å². The number of nitrogens with one attached hydrogen (secondary N) is 1. The molecule has 0 aliphatic rings. The smallest absolute Gasteiger partial charge is 0.258 e. The number of carbonyl (C=O) groups excluding carboxylic acids is 1. The summed E-state index contributed by atoms with van der Waals surface area (Å²) in [5.74, 6) is 0.119. The summed E-state index contributed by atoms with van der Waals surface area (Å²) in [6.45, 7) is 3.51. The molecule has 1 rings (SSSR count). The van der Waals surface area contributed by atoms with Gasteiger partial charge in [-0.25, -0.2) is 0 Å². The van der Waals surface area contributed by atoms with Crippen LogP contribution in [0, 0.1) is 0 Å². The summed E-state index contributed by atoms with van der Waals surface area (Å²) in [5.41, 5.74) is 4.80. The van der Waals surface area contributed by atoms with Crippen molar-refractivity contribution in [1.82, 2.24) is 5.32 Å². The molecule has 0 aliphatic heterocycles. The number of nitrogens with zero attached hydrogens (tertiary/aromatic N) is 1. The van der Waals surface area contributed by atoms with E-state index in [-0.39, 0.29) is 18.3 Å². The summed E-state index contributed by atoms with van der Waals surface area (Å²) in [6, 6.07) is 6.77. The predicted octanol–water partition coefficient (Wildman–Crippen LogP) is 2.14. The molecule has 0 unspecified atom stereocenters. The van der Waals surface area contributed by atoms with E-state index in [0.29, 0.717) is 23.6 Å². The highest BCUT2D eigenvalue weighted by Crippen LogP contribution is 2.18. The minimum atomic E-state index is -0.872. The van der Waals surface area contributed by atoms with Crippen molar-refractivity contribution in [3.63, 3.8) is 0 Å². The van der Waals surface area contributed by atoms with Gasteiger partial charge in [0, 0.05) is 5.02 Å². The van der Waals surface area contributed by atoms with E-state index in [1.54, 1.807) is 24.3 Å². The molecule has 0 saturated heterocycles. The highest BCUT2D eigenvalue weighted by Gasteiger charge is 2.33. The fourth-order valence-corrected chi connectivity index (χ4v) is 2.14. The lowest BCUT2D eigenvalue weighted by molar-refractivity contribution is -0.124. The molecule has 0 spiro atoms. The molecule has 1 aromatic rings. The zero-order valence-corrected chi connectivity index (χ0v) is 12.9. The van der Waals surface area contributed by atoms with Gasteiger partial charge in [-0.05, 0) is 31.0 Å². The Hall–Kier alpha value is -1.95. The molecule has 0 fully saturated rings. The Morgan fingerprint density at radius 1 is 1.48 bits per heavy atom. The lowest BCUT2D eigenvalue weighted by Gasteiger charge is -2.31. The zero-order valence-electron chi connectivity index (χ0n) is 12.1. The van der Waals surface area contributed by atoms with Gasteiger partial charge in [0.05, 0.1) is 0 Å². The molecular formula is C14H20ClN3O3. The third-order valence-electron chi connectivity index (χ3n) is 3.35. The van der Waals surface area contributed by atoms with Crippen LogP contribution in [0.15, 0.2) is 29.4 Å². The van der Waals surface area contributed by atoms with Gasteiger partial charge in [-0.2, -0.15) is 0 Å². The van der Waals surface area contributed by atoms with Crippen molar-refractivity contribution in [3.05, 3.63) is 29.3 Å². The number of amidine groups is 1. The van der Waals surface area contributed by atoms with E-state index < -0.39 is 5.54 Å². The van der Waals surface area contributed by atoms with E-state index in [1.165, 1.54) is 0 Å². The van der Waals surface area contributed by atoms with Gasteiger partial charge in [0.15, 0.2) is 12.4 Å². The van der Waals surface area contributed by atoms with Gasteiger partial charge in [-0.3, -0.25) is 4.79 Å². The molecule has 0 saturated carbocycles. The molecule has 0 bridgehead atoms. The Morgan fingerprint density at radius 3 is 2.67 bits per heavy atom. The molecule has 1 aromatic carbocycles. The Labute approximate surface area is 128 Å². The Morgan fingerprint density at radius 2 is 2.14 bits per heavy atom. The quantitative estimate of drug-likeness (QED) is 0.311. The minimum absolute atomic E-state index is 0.0244. The van der Waals surface area contributed by atoms with Crippen molar-refractivity contribution in [2.24, 2.45) is 10.9 Å². The van der Waals surface area contributed by atoms with Crippen molar-refractivity contribution >= 4 is 23.3 Å². The van der Waals surface area contributed by atoms with Crippen LogP contribution in [0.25, 0.3) is 0 Å². The van der Waals surface area contributed by atoms with Crippen LogP contribution in [0.4, 0.5) is 0 Å². The topological polar surface area (TPSA) is 96.9 Å². The second-order valence-electron chi connectivity index (χ2n) is 4.57. The maximum atomic E-state index is 12.0. The zero-order chi connectivity index (χ0) is 15.9. The highest BCUT2D eigenvalue weighted by atomic mass is 35.5. The number of amides is 1. The average molecular weight is 314 g/mol. The van der Waals surface area contributed by atoms with E-state index in [4.69, 9.17) is 27.3 Å². The van der Waals surface area contributed by atoms with Crippen LogP contribution >= 0.6 is 11.6 Å². The van der Waals surface area contributed by atoms with Crippen molar-refractivity contribution in [3.8, 4) is 5.75 Å². The minimum Gasteiger partial charge on any atom is -0.484 e. The van der Waals surface area contributed by atoms with Crippen LogP contribution in [0.2, 0.25) is 5.02 Å². The van der Waals surface area contributed by atoms with Crippen LogP contribution in [0.5, 0.6) is 5.75 Å². The molecule has 6 nitrogen and oxygen atoms in total. The fraction of sp³-hybridized carbons (Fsp3) is 0.429. The maximum Gasteiger partial charge on any atom is 0.258 e. The number of halogens is 1. The molecule has 1 amide bonds. The summed E-state index contributed by atoms with van der Waals surface area (Å²) >= 11 is 5.83. The fourth-order valence-electron chi connectivity index (χ4n) is 1.96. The van der Waals surface area contributed by atoms with E-state index in [9.17, 15) is 4.79 Å². The van der Waals surface area contributed by atoms with Gasteiger partial charge in [0.1, 0.15) is 11.3 Å². The Bertz CT molecular complexity index is 516. The first-order chi connectivity index (χ1) is 9.97. The molecule has 7 heteroatoms. The van der Waals surface area contributed by atoms with Gasteiger partial charge < -0.3 is 21.0 Å². The Balaban J connectivity index is 2.67. The first kappa shape index (κ1) is 17.1. The number of ether oxygens (including phenoxy) is 1. The summed E-state index contributed by atoms with van der Waals surface area (Å²) < 4.78 is 5.36. The normalized spacial score (nSPS) is 12.0. The van der Waals surface area contributed by atoms with Crippen LogP contribution < -0.4 is 15.8 Å². The number of hydrogen-bond acceptors (Lipinski definition) is 4. The number of rotatable bonds is 7. The van der Waals surface area contributed by atoms with Crippen molar-refractivity contribution in [2.75, 3.05) is 6.61 Å². The lowest BCUT2D eigenvalue weighted by atomic mass is 9.91. The van der Waals surface area contributed by atoms with Crippen LogP contribution in [-0.4, -0.2) is 29.1 Å². The molecule has 0 atom stereocenters. The molecule has 0 aromatic heterocycles. The lowest BCUT2D eigenvalue weighted by Crippen LogP contribution is -2.57. The van der Waals surface area contributed by atoms with Gasteiger partial charge >= 0.3 is 0 Å². The summed E-state index contributed by atoms with van der Waals surface area (Å²) in [6.07, 6.45) is 1.00. The molecule has 4 N–H and O–H groups in total. The summed E-state index contributed by atoms with van der Waals surface area (Å²) in [7, 11) is 0. The van der Waals surface area contributed by atoms with E-state index in [2.05, 4.69) is 10.5 Å². The third kappa shape index (κ3) is 4.53. The highest BCUT2D eigenvalue weighted by molar-refractivity contribution is 6.30. The summed E-state index contributed by atoms with van der Waals surface area (Å²) in [5, 5.41) is 15.1. The second-order valence-corrected chi connectivity index (χ2v) is 5.01. The largest absolute Gasteiger partial charge is 0.484 e. The summed E-state index contributed by atoms with van der Waals surface area (Å²) in [4.78, 5) is 12.0. The van der Waals surface area contributed by atoms with Crippen LogP contribution in [0.1, 0.15) is 26.7 Å². The molecule has 0 aliphatic carbocycles. The van der Waals surface area contributed by atoms with Crippen molar-refractivity contribution < 1.29 is 14.7 Å². The number of carbonyl (C=O) groups is 1. The second kappa shape index (κ2) is 7.73. The third-order valence-corrected chi connectivity index (χ3v) is 3.58. The number of hydrogen-bond donors (Lipinski definition) is 3. The number of nitrogens with two attached hydrogens (primary N) is 1. The van der Waals surface area contributed by atoms with Crippen molar-refractivity contribution in [2.45, 2.75) is 32.2 Å². The van der Waals surface area contributed by atoms with Gasteiger partial charge in [0.2, 0.25) is 0 Å². The molecule has 21 heavy (non-hydrogen) atoms. The monoisotopic (exact) mass is 313 g/mol. The van der Waals surface area contributed by atoms with Gasteiger partial charge in [-0.15, -0.1) is 0 Å².